The third kappa shape index (κ3) is 2.98. The van der Waals surface area contributed by atoms with Crippen LogP contribution in [0.4, 0.5) is 0 Å². The van der Waals surface area contributed by atoms with Crippen molar-refractivity contribution in [1.29, 1.82) is 0 Å². The molecule has 0 aliphatic heterocycles. The number of carboxylic acids is 1. The molecule has 7 heteroatoms. The van der Waals surface area contributed by atoms with Gasteiger partial charge in [-0.05, 0) is 12.1 Å². The van der Waals surface area contributed by atoms with Crippen LogP contribution in [0.2, 0.25) is 5.02 Å². The Morgan fingerprint density at radius 2 is 1.94 bits per heavy atom. The van der Waals surface area contributed by atoms with Gasteiger partial charge in [0.05, 0.1) is 12.7 Å². The number of carboxylic acid groups (broad SMARTS) is 1. The van der Waals surface area contributed by atoms with Crippen molar-refractivity contribution >= 4 is 23.5 Å². The van der Waals surface area contributed by atoms with Crippen LogP contribution in [0.25, 0.3) is 0 Å². The lowest BCUT2D eigenvalue weighted by atomic mass is 10.0. The first-order valence-corrected chi connectivity index (χ1v) is 5.23. The van der Waals surface area contributed by atoms with E-state index in [1.54, 1.807) is 0 Å². The SMILES string of the molecule is COC(=O)C(O)C(O)c1ccc(C(=O)O)cc1Cl. The molecule has 0 saturated heterocycles. The first-order valence-electron chi connectivity index (χ1n) is 4.85. The largest absolute Gasteiger partial charge is 0.478 e. The van der Waals surface area contributed by atoms with Crippen molar-refractivity contribution in [3.05, 3.63) is 34.3 Å². The van der Waals surface area contributed by atoms with Gasteiger partial charge in [-0.2, -0.15) is 0 Å². The average molecular weight is 275 g/mol. The Bertz CT molecular complexity index is 473. The summed E-state index contributed by atoms with van der Waals surface area (Å²) in [5.41, 5.74) is -0.0249. The molecule has 3 N–H and O–H groups in total. The highest BCUT2D eigenvalue weighted by Crippen LogP contribution is 2.27. The second-order valence-corrected chi connectivity index (χ2v) is 3.86. The average Bonchev–Trinajstić information content (AvgIpc) is 2.35. The highest BCUT2D eigenvalue weighted by atomic mass is 35.5. The van der Waals surface area contributed by atoms with E-state index in [-0.39, 0.29) is 16.1 Å². The van der Waals surface area contributed by atoms with Gasteiger partial charge in [0.1, 0.15) is 6.10 Å². The molecule has 1 aromatic rings. The van der Waals surface area contributed by atoms with Crippen LogP contribution >= 0.6 is 11.6 Å². The Balaban J connectivity index is 3.03. The molecule has 2 unspecified atom stereocenters. The lowest BCUT2D eigenvalue weighted by molar-refractivity contribution is -0.156. The lowest BCUT2D eigenvalue weighted by Crippen LogP contribution is -2.29. The van der Waals surface area contributed by atoms with E-state index in [2.05, 4.69) is 4.74 Å². The molecule has 2 atom stereocenters. The lowest BCUT2D eigenvalue weighted by Gasteiger charge is -2.17. The van der Waals surface area contributed by atoms with Crippen LogP contribution in [-0.4, -0.2) is 40.5 Å². The van der Waals surface area contributed by atoms with E-state index in [1.165, 1.54) is 12.1 Å². The van der Waals surface area contributed by atoms with Crippen molar-refractivity contribution in [3.8, 4) is 0 Å². The fraction of sp³-hybridized carbons (Fsp3) is 0.273. The maximum Gasteiger partial charge on any atom is 0.337 e. The first kappa shape index (κ1) is 14.4. The van der Waals surface area contributed by atoms with Crippen molar-refractivity contribution in [1.82, 2.24) is 0 Å². The maximum absolute atomic E-state index is 11.0. The predicted octanol–water partition coefficient (Wildman–Crippen LogP) is 0.606. The van der Waals surface area contributed by atoms with Crippen LogP contribution in [0, 0.1) is 0 Å². The molecule has 0 radical (unpaired) electrons. The Morgan fingerprint density at radius 3 is 2.39 bits per heavy atom. The first-order chi connectivity index (χ1) is 8.38. The molecule has 6 nitrogen and oxygen atoms in total. The number of aromatic carboxylic acids is 1. The standard InChI is InChI=1S/C11H11ClO6/c1-18-11(17)9(14)8(13)6-3-2-5(10(15)16)4-7(6)12/h2-4,8-9,13-14H,1H3,(H,15,16). The van der Waals surface area contributed by atoms with Gasteiger partial charge in [-0.1, -0.05) is 17.7 Å². The van der Waals surface area contributed by atoms with Crippen LogP contribution in [0.3, 0.4) is 0 Å². The molecule has 0 spiro atoms. The number of rotatable bonds is 4. The monoisotopic (exact) mass is 274 g/mol. The highest BCUT2D eigenvalue weighted by molar-refractivity contribution is 6.31. The summed E-state index contributed by atoms with van der Waals surface area (Å²) in [4.78, 5) is 21.7. The molecule has 0 bridgehead atoms. The van der Waals surface area contributed by atoms with Crippen molar-refractivity contribution in [2.24, 2.45) is 0 Å². The normalized spacial score (nSPS) is 13.8. The van der Waals surface area contributed by atoms with E-state index in [0.29, 0.717) is 0 Å². The number of methoxy groups -OCH3 is 1. The van der Waals surface area contributed by atoms with Gasteiger partial charge in [-0.25, -0.2) is 9.59 Å². The smallest absolute Gasteiger partial charge is 0.337 e. The number of carbonyl (C=O) groups is 2. The number of ether oxygens (including phenoxy) is 1. The number of aliphatic hydroxyl groups excluding tert-OH is 2. The number of benzene rings is 1. The number of halogens is 1. The zero-order valence-corrected chi connectivity index (χ0v) is 10.1. The van der Waals surface area contributed by atoms with Crippen LogP contribution < -0.4 is 0 Å². The van der Waals surface area contributed by atoms with Gasteiger partial charge in [0.2, 0.25) is 0 Å². The second kappa shape index (κ2) is 5.81. The molecule has 0 fully saturated rings. The second-order valence-electron chi connectivity index (χ2n) is 3.45. The van der Waals surface area contributed by atoms with E-state index in [9.17, 15) is 19.8 Å². The quantitative estimate of drug-likeness (QED) is 0.695. The minimum atomic E-state index is -1.79. The summed E-state index contributed by atoms with van der Waals surface area (Å²) >= 11 is 5.77. The van der Waals surface area contributed by atoms with E-state index >= 15 is 0 Å². The number of esters is 1. The van der Waals surface area contributed by atoms with E-state index in [4.69, 9.17) is 16.7 Å². The molecule has 0 heterocycles. The number of hydrogen-bond donors (Lipinski definition) is 3. The Labute approximate surface area is 107 Å². The molecule has 1 aromatic carbocycles. The van der Waals surface area contributed by atoms with Crippen molar-refractivity contribution in [2.75, 3.05) is 7.11 Å². The van der Waals surface area contributed by atoms with Crippen LogP contribution in [-0.2, 0) is 9.53 Å². The summed E-state index contributed by atoms with van der Waals surface area (Å²) in [6, 6.07) is 3.55. The summed E-state index contributed by atoms with van der Waals surface area (Å²) in [7, 11) is 1.06. The molecule has 0 saturated carbocycles. The maximum atomic E-state index is 11.0. The number of hydrogen-bond acceptors (Lipinski definition) is 5. The third-order valence-electron chi connectivity index (χ3n) is 2.31. The molecule has 98 valence electrons. The summed E-state index contributed by atoms with van der Waals surface area (Å²) in [6.07, 6.45) is -3.38. The summed E-state index contributed by atoms with van der Waals surface area (Å²) in [5.74, 6) is -2.19. The minimum absolute atomic E-state index is 0.0413. The number of carbonyl (C=O) groups excluding carboxylic acids is 1. The van der Waals surface area contributed by atoms with Gasteiger partial charge in [-0.15, -0.1) is 0 Å². The molecule has 0 aliphatic rings. The highest BCUT2D eigenvalue weighted by Gasteiger charge is 2.28. The fourth-order valence-electron chi connectivity index (χ4n) is 1.32. The molecule has 1 rings (SSSR count). The minimum Gasteiger partial charge on any atom is -0.478 e. The molecular formula is C11H11ClO6. The van der Waals surface area contributed by atoms with Crippen LogP contribution in [0.1, 0.15) is 22.0 Å². The zero-order valence-electron chi connectivity index (χ0n) is 9.33. The third-order valence-corrected chi connectivity index (χ3v) is 2.64. The van der Waals surface area contributed by atoms with Crippen LogP contribution in [0.5, 0.6) is 0 Å². The Kier molecular flexibility index (Phi) is 4.66. The van der Waals surface area contributed by atoms with Gasteiger partial charge in [-0.3, -0.25) is 0 Å². The van der Waals surface area contributed by atoms with E-state index < -0.39 is 24.1 Å². The van der Waals surface area contributed by atoms with Crippen molar-refractivity contribution in [2.45, 2.75) is 12.2 Å². The Hall–Kier alpha value is -1.63. The summed E-state index contributed by atoms with van der Waals surface area (Å²) in [5, 5.41) is 27.8. The fourth-order valence-corrected chi connectivity index (χ4v) is 1.61. The van der Waals surface area contributed by atoms with Gasteiger partial charge in [0, 0.05) is 10.6 Å². The topological polar surface area (TPSA) is 104 Å². The van der Waals surface area contributed by atoms with Gasteiger partial charge < -0.3 is 20.1 Å². The molecule has 18 heavy (non-hydrogen) atoms. The van der Waals surface area contributed by atoms with Gasteiger partial charge >= 0.3 is 11.9 Å². The van der Waals surface area contributed by atoms with Gasteiger partial charge in [0.25, 0.3) is 0 Å². The number of aliphatic hydroxyl groups is 2. The van der Waals surface area contributed by atoms with E-state index in [0.717, 1.165) is 13.2 Å². The predicted molar refractivity (Wildman–Crippen MR) is 61.4 cm³/mol. The zero-order chi connectivity index (χ0) is 13.9. The Morgan fingerprint density at radius 1 is 1.33 bits per heavy atom. The molecule has 0 amide bonds. The van der Waals surface area contributed by atoms with Gasteiger partial charge in [0.15, 0.2) is 6.10 Å². The molecule has 0 aliphatic carbocycles. The van der Waals surface area contributed by atoms with Crippen molar-refractivity contribution < 1.29 is 29.6 Å². The van der Waals surface area contributed by atoms with Crippen molar-refractivity contribution in [3.63, 3.8) is 0 Å². The molecule has 0 aromatic heterocycles. The summed E-state index contributed by atoms with van der Waals surface area (Å²) < 4.78 is 4.27. The van der Waals surface area contributed by atoms with E-state index in [1.807, 2.05) is 0 Å². The molecular weight excluding hydrogens is 264 g/mol. The summed E-state index contributed by atoms with van der Waals surface area (Å²) in [6.45, 7) is 0. The van der Waals surface area contributed by atoms with Crippen LogP contribution in [0.15, 0.2) is 18.2 Å².